The summed E-state index contributed by atoms with van der Waals surface area (Å²) in [6.07, 6.45) is 5.35. The van der Waals surface area contributed by atoms with Crippen LogP contribution in [0.15, 0.2) is 73.1 Å². The van der Waals surface area contributed by atoms with Crippen LogP contribution in [0.4, 0.5) is 5.95 Å². The molecule has 8 heteroatoms. The lowest BCUT2D eigenvalue weighted by Gasteiger charge is -2.15. The van der Waals surface area contributed by atoms with Gasteiger partial charge in [-0.3, -0.25) is 4.79 Å². The Kier molecular flexibility index (Phi) is 8.56. The number of aromatic nitrogens is 2. The first-order chi connectivity index (χ1) is 15.6. The summed E-state index contributed by atoms with van der Waals surface area (Å²) in [6, 6.07) is 16.6. The third-order valence-corrected chi connectivity index (χ3v) is 4.69. The molecule has 0 radical (unpaired) electrons. The number of nitrogens with one attached hydrogen (secondary N) is 2. The molecule has 0 saturated heterocycles. The zero-order valence-corrected chi connectivity index (χ0v) is 17.6. The Morgan fingerprint density at radius 2 is 1.66 bits per heavy atom. The van der Waals surface area contributed by atoms with Gasteiger partial charge >= 0.3 is 5.97 Å². The van der Waals surface area contributed by atoms with Crippen LogP contribution in [0.2, 0.25) is 0 Å². The standard InChI is InChI=1S/C24H26N4O4/c29-22(19-7-2-1-3-8-19)28-21(23(30)31)17-18-9-11-20(12-10-18)32-16-5-4-13-25-24-26-14-6-15-27-24/h1-3,6-12,14-15,21H,4-5,13,16-17H2,(H,28,29)(H,30,31)(H,25,26,27)/t21-/m0/s1. The van der Waals surface area contributed by atoms with Crippen LogP contribution >= 0.6 is 0 Å². The highest BCUT2D eigenvalue weighted by molar-refractivity contribution is 5.96. The van der Waals surface area contributed by atoms with Crippen molar-refractivity contribution >= 4 is 17.8 Å². The number of rotatable bonds is 12. The van der Waals surface area contributed by atoms with Crippen molar-refractivity contribution in [3.05, 3.63) is 84.2 Å². The molecule has 8 nitrogen and oxygen atoms in total. The number of unbranched alkanes of at least 4 members (excludes halogenated alkanes) is 1. The zero-order valence-electron chi connectivity index (χ0n) is 17.6. The summed E-state index contributed by atoms with van der Waals surface area (Å²) in [5.74, 6) is -0.160. The molecule has 3 rings (SSSR count). The van der Waals surface area contributed by atoms with Gasteiger partial charge in [-0.2, -0.15) is 0 Å². The van der Waals surface area contributed by atoms with E-state index in [0.717, 1.165) is 24.9 Å². The van der Waals surface area contributed by atoms with Crippen molar-refractivity contribution in [1.29, 1.82) is 0 Å². The van der Waals surface area contributed by atoms with E-state index in [1.165, 1.54) is 0 Å². The Hall–Kier alpha value is -3.94. The van der Waals surface area contributed by atoms with Gasteiger partial charge in [0, 0.05) is 30.9 Å². The van der Waals surface area contributed by atoms with Crippen LogP contribution in [0.25, 0.3) is 0 Å². The van der Waals surface area contributed by atoms with Gasteiger partial charge in [-0.05, 0) is 48.7 Å². The molecule has 0 aliphatic rings. The van der Waals surface area contributed by atoms with Gasteiger partial charge in [0.2, 0.25) is 5.95 Å². The van der Waals surface area contributed by atoms with Gasteiger partial charge in [0.1, 0.15) is 11.8 Å². The number of hydrogen-bond acceptors (Lipinski definition) is 6. The molecule has 1 aromatic heterocycles. The normalized spacial score (nSPS) is 11.4. The van der Waals surface area contributed by atoms with Crippen molar-refractivity contribution in [2.75, 3.05) is 18.5 Å². The summed E-state index contributed by atoms with van der Waals surface area (Å²) < 4.78 is 5.74. The topological polar surface area (TPSA) is 113 Å². The fourth-order valence-corrected chi connectivity index (χ4v) is 3.00. The predicted molar refractivity (Wildman–Crippen MR) is 121 cm³/mol. The van der Waals surface area contributed by atoms with Gasteiger partial charge in [0.05, 0.1) is 6.61 Å². The van der Waals surface area contributed by atoms with Gasteiger partial charge in [0.25, 0.3) is 5.91 Å². The van der Waals surface area contributed by atoms with Crippen molar-refractivity contribution in [2.24, 2.45) is 0 Å². The summed E-state index contributed by atoms with van der Waals surface area (Å²) in [5, 5.41) is 15.2. The van der Waals surface area contributed by atoms with Crippen molar-refractivity contribution in [3.8, 4) is 5.75 Å². The fourth-order valence-electron chi connectivity index (χ4n) is 3.00. The lowest BCUT2D eigenvalue weighted by atomic mass is 10.1. The summed E-state index contributed by atoms with van der Waals surface area (Å²) in [7, 11) is 0. The number of carbonyl (C=O) groups excluding carboxylic acids is 1. The monoisotopic (exact) mass is 434 g/mol. The van der Waals surface area contributed by atoms with Crippen molar-refractivity contribution in [2.45, 2.75) is 25.3 Å². The molecule has 3 N–H and O–H groups in total. The van der Waals surface area contributed by atoms with E-state index in [0.29, 0.717) is 23.9 Å². The van der Waals surface area contributed by atoms with E-state index in [1.807, 2.05) is 24.3 Å². The molecule has 0 saturated carbocycles. The van der Waals surface area contributed by atoms with Crippen LogP contribution in [0.1, 0.15) is 28.8 Å². The molecule has 0 aliphatic heterocycles. The lowest BCUT2D eigenvalue weighted by Crippen LogP contribution is -2.42. The molecular formula is C24H26N4O4. The molecule has 0 spiro atoms. The molecule has 0 fully saturated rings. The number of carbonyl (C=O) groups is 2. The highest BCUT2D eigenvalue weighted by atomic mass is 16.5. The minimum absolute atomic E-state index is 0.182. The van der Waals surface area contributed by atoms with E-state index in [4.69, 9.17) is 4.74 Å². The maximum atomic E-state index is 12.3. The summed E-state index contributed by atoms with van der Waals surface area (Å²) in [4.78, 5) is 32.1. The van der Waals surface area contributed by atoms with Crippen LogP contribution in [0.5, 0.6) is 5.75 Å². The molecular weight excluding hydrogens is 408 g/mol. The Labute approximate surface area is 186 Å². The number of amides is 1. The summed E-state index contributed by atoms with van der Waals surface area (Å²) >= 11 is 0. The molecule has 0 bridgehead atoms. The second-order valence-corrected chi connectivity index (χ2v) is 7.13. The average molecular weight is 434 g/mol. The quantitative estimate of drug-likeness (QED) is 0.375. The molecule has 1 atom stereocenters. The first-order valence-corrected chi connectivity index (χ1v) is 10.4. The van der Waals surface area contributed by atoms with Gasteiger partial charge in [-0.25, -0.2) is 14.8 Å². The fraction of sp³-hybridized carbons (Fsp3) is 0.250. The Bertz CT molecular complexity index is 982. The SMILES string of the molecule is O=C(N[C@@H](Cc1ccc(OCCCCNc2ncccn2)cc1)C(=O)O)c1ccccc1. The highest BCUT2D eigenvalue weighted by Gasteiger charge is 2.21. The van der Waals surface area contributed by atoms with Crippen molar-refractivity contribution in [1.82, 2.24) is 15.3 Å². The minimum atomic E-state index is -1.08. The minimum Gasteiger partial charge on any atom is -0.494 e. The molecule has 1 heterocycles. The molecule has 3 aromatic rings. The molecule has 166 valence electrons. The number of nitrogens with zero attached hydrogens (tertiary/aromatic N) is 2. The van der Waals surface area contributed by atoms with Crippen LogP contribution in [-0.4, -0.2) is 46.1 Å². The number of anilines is 1. The molecule has 32 heavy (non-hydrogen) atoms. The van der Waals surface area contributed by atoms with E-state index < -0.39 is 17.9 Å². The Balaban J connectivity index is 1.40. The lowest BCUT2D eigenvalue weighted by molar-refractivity contribution is -0.139. The van der Waals surface area contributed by atoms with Crippen LogP contribution in [0, 0.1) is 0 Å². The van der Waals surface area contributed by atoms with Crippen LogP contribution in [-0.2, 0) is 11.2 Å². The number of carboxylic acid groups (broad SMARTS) is 1. The smallest absolute Gasteiger partial charge is 0.326 e. The zero-order chi connectivity index (χ0) is 22.6. The molecule has 1 amide bonds. The third kappa shape index (κ3) is 7.39. The van der Waals surface area contributed by atoms with Crippen molar-refractivity contribution < 1.29 is 19.4 Å². The van der Waals surface area contributed by atoms with Gasteiger partial charge in [-0.15, -0.1) is 0 Å². The highest BCUT2D eigenvalue weighted by Crippen LogP contribution is 2.14. The van der Waals surface area contributed by atoms with E-state index >= 15 is 0 Å². The first kappa shape index (κ1) is 22.7. The molecule has 0 aliphatic carbocycles. The summed E-state index contributed by atoms with van der Waals surface area (Å²) in [6.45, 7) is 1.33. The average Bonchev–Trinajstić information content (AvgIpc) is 2.83. The van der Waals surface area contributed by atoms with Gasteiger partial charge < -0.3 is 20.5 Å². The van der Waals surface area contributed by atoms with E-state index in [1.54, 1.807) is 48.8 Å². The van der Waals surface area contributed by atoms with E-state index in [9.17, 15) is 14.7 Å². The van der Waals surface area contributed by atoms with Crippen LogP contribution < -0.4 is 15.4 Å². The van der Waals surface area contributed by atoms with Gasteiger partial charge in [-0.1, -0.05) is 30.3 Å². The number of benzene rings is 2. The Morgan fingerprint density at radius 1 is 0.938 bits per heavy atom. The molecule has 2 aromatic carbocycles. The predicted octanol–water partition coefficient (Wildman–Crippen LogP) is 3.17. The number of aliphatic carboxylic acids is 1. The largest absolute Gasteiger partial charge is 0.494 e. The second-order valence-electron chi connectivity index (χ2n) is 7.13. The third-order valence-electron chi connectivity index (χ3n) is 4.69. The van der Waals surface area contributed by atoms with E-state index in [2.05, 4.69) is 20.6 Å². The maximum Gasteiger partial charge on any atom is 0.326 e. The van der Waals surface area contributed by atoms with E-state index in [-0.39, 0.29) is 6.42 Å². The van der Waals surface area contributed by atoms with Crippen LogP contribution in [0.3, 0.4) is 0 Å². The Morgan fingerprint density at radius 3 is 2.34 bits per heavy atom. The first-order valence-electron chi connectivity index (χ1n) is 10.4. The molecule has 0 unspecified atom stereocenters. The maximum absolute atomic E-state index is 12.3. The van der Waals surface area contributed by atoms with Gasteiger partial charge in [0.15, 0.2) is 0 Å². The number of carboxylic acids is 1. The van der Waals surface area contributed by atoms with Crippen molar-refractivity contribution in [3.63, 3.8) is 0 Å². The number of hydrogen-bond donors (Lipinski definition) is 3. The number of ether oxygens (including phenoxy) is 1. The second kappa shape index (κ2) is 12.0. The summed E-state index contributed by atoms with van der Waals surface area (Å²) in [5.41, 5.74) is 1.22.